The average molecular weight is 228 g/mol. The van der Waals surface area contributed by atoms with Crippen molar-refractivity contribution in [2.75, 3.05) is 12.3 Å². The maximum Gasteiger partial charge on any atom is 0.240 e. The van der Waals surface area contributed by atoms with Gasteiger partial charge in [0.15, 0.2) is 0 Å². The van der Waals surface area contributed by atoms with E-state index in [1.54, 1.807) is 12.1 Å². The lowest BCUT2D eigenvalue weighted by molar-refractivity contribution is 0.560. The summed E-state index contributed by atoms with van der Waals surface area (Å²) in [6, 6.07) is 6.25. The lowest BCUT2D eigenvalue weighted by atomic mass is 10.2. The Balaban J connectivity index is 2.87. The molecule has 1 aromatic carbocycles. The largest absolute Gasteiger partial charge is 0.399 e. The highest BCUT2D eigenvalue weighted by Crippen LogP contribution is 2.12. The Hall–Kier alpha value is -1.07. The van der Waals surface area contributed by atoms with E-state index in [4.69, 9.17) is 5.73 Å². The first-order valence-electron chi connectivity index (χ1n) is 4.77. The van der Waals surface area contributed by atoms with Crippen LogP contribution in [0.25, 0.3) is 0 Å². The van der Waals surface area contributed by atoms with Gasteiger partial charge in [0, 0.05) is 12.2 Å². The fraction of sp³-hybridized carbons (Fsp3) is 0.400. The number of nitrogens with two attached hydrogens (primary N) is 1. The van der Waals surface area contributed by atoms with Gasteiger partial charge in [0.05, 0.1) is 4.90 Å². The monoisotopic (exact) mass is 228 g/mol. The molecule has 0 aliphatic rings. The summed E-state index contributed by atoms with van der Waals surface area (Å²) in [7, 11) is -3.41. The van der Waals surface area contributed by atoms with Gasteiger partial charge in [-0.1, -0.05) is 19.9 Å². The van der Waals surface area contributed by atoms with Crippen LogP contribution in [-0.4, -0.2) is 15.0 Å². The van der Waals surface area contributed by atoms with Gasteiger partial charge in [-0.15, -0.1) is 0 Å². The lowest BCUT2D eigenvalue weighted by Gasteiger charge is -2.08. The molecule has 0 atom stereocenters. The summed E-state index contributed by atoms with van der Waals surface area (Å²) in [6.45, 7) is 4.32. The van der Waals surface area contributed by atoms with Crippen LogP contribution in [0.4, 0.5) is 5.69 Å². The smallest absolute Gasteiger partial charge is 0.240 e. The van der Waals surface area contributed by atoms with Crippen LogP contribution in [-0.2, 0) is 10.0 Å². The van der Waals surface area contributed by atoms with Crippen molar-refractivity contribution in [1.82, 2.24) is 4.72 Å². The molecule has 0 heterocycles. The third-order valence-corrected chi connectivity index (χ3v) is 3.27. The fourth-order valence-electron chi connectivity index (χ4n) is 1.04. The zero-order valence-corrected chi connectivity index (χ0v) is 9.71. The third kappa shape index (κ3) is 3.53. The molecule has 1 rings (SSSR count). The van der Waals surface area contributed by atoms with Gasteiger partial charge in [0.2, 0.25) is 10.0 Å². The van der Waals surface area contributed by atoms with Crippen molar-refractivity contribution in [2.45, 2.75) is 18.7 Å². The first-order chi connectivity index (χ1) is 6.92. The minimum Gasteiger partial charge on any atom is -0.399 e. The summed E-state index contributed by atoms with van der Waals surface area (Å²) in [5, 5.41) is 0. The van der Waals surface area contributed by atoms with Gasteiger partial charge >= 0.3 is 0 Å². The molecule has 3 N–H and O–H groups in total. The normalized spacial score (nSPS) is 11.9. The summed E-state index contributed by atoms with van der Waals surface area (Å²) >= 11 is 0. The molecule has 0 fully saturated rings. The average Bonchev–Trinajstić information content (AvgIpc) is 2.15. The van der Waals surface area contributed by atoms with E-state index in [9.17, 15) is 8.42 Å². The second-order valence-electron chi connectivity index (χ2n) is 3.82. The molecule has 5 heteroatoms. The van der Waals surface area contributed by atoms with E-state index < -0.39 is 10.0 Å². The minimum atomic E-state index is -3.41. The summed E-state index contributed by atoms with van der Waals surface area (Å²) in [5.41, 5.74) is 5.97. The van der Waals surface area contributed by atoms with E-state index in [0.29, 0.717) is 12.2 Å². The molecule has 0 aromatic heterocycles. The molecule has 1 aromatic rings. The van der Waals surface area contributed by atoms with Crippen molar-refractivity contribution < 1.29 is 8.42 Å². The summed E-state index contributed by atoms with van der Waals surface area (Å²) in [5.74, 6) is 0.279. The van der Waals surface area contributed by atoms with E-state index in [1.165, 1.54) is 12.1 Å². The number of hydrogen-bond donors (Lipinski definition) is 2. The zero-order valence-electron chi connectivity index (χ0n) is 8.90. The van der Waals surface area contributed by atoms with Crippen molar-refractivity contribution in [3.8, 4) is 0 Å². The predicted molar refractivity (Wildman–Crippen MR) is 60.9 cm³/mol. The third-order valence-electron chi connectivity index (χ3n) is 1.85. The highest BCUT2D eigenvalue weighted by Gasteiger charge is 2.13. The van der Waals surface area contributed by atoms with E-state index in [2.05, 4.69) is 4.72 Å². The standard InChI is InChI=1S/C10H16N2O2S/c1-8(2)7-12-15(13,14)10-5-3-4-9(11)6-10/h3-6,8,12H,7,11H2,1-2H3. The molecule has 0 aliphatic heterocycles. The molecule has 0 bridgehead atoms. The summed E-state index contributed by atoms with van der Waals surface area (Å²) in [6.07, 6.45) is 0. The highest BCUT2D eigenvalue weighted by atomic mass is 32.2. The number of nitrogen functional groups attached to an aromatic ring is 1. The van der Waals surface area contributed by atoms with Gasteiger partial charge in [0.1, 0.15) is 0 Å². The number of benzene rings is 1. The maximum atomic E-state index is 11.7. The van der Waals surface area contributed by atoms with Crippen LogP contribution in [0.2, 0.25) is 0 Å². The molecule has 0 unspecified atom stereocenters. The Kier molecular flexibility index (Phi) is 3.71. The second-order valence-corrected chi connectivity index (χ2v) is 5.59. The van der Waals surface area contributed by atoms with Gasteiger partial charge in [-0.2, -0.15) is 0 Å². The Morgan fingerprint density at radius 2 is 2.07 bits per heavy atom. The van der Waals surface area contributed by atoms with E-state index in [1.807, 2.05) is 13.8 Å². The summed E-state index contributed by atoms with van der Waals surface area (Å²) in [4.78, 5) is 0.211. The number of hydrogen-bond acceptors (Lipinski definition) is 3. The molecule has 4 nitrogen and oxygen atoms in total. The Morgan fingerprint density at radius 3 is 2.60 bits per heavy atom. The van der Waals surface area contributed by atoms with Crippen LogP contribution in [0.3, 0.4) is 0 Å². The topological polar surface area (TPSA) is 72.2 Å². The maximum absolute atomic E-state index is 11.7. The molecule has 0 aliphatic carbocycles. The Bertz CT molecular complexity index is 427. The van der Waals surface area contributed by atoms with Crippen molar-refractivity contribution >= 4 is 15.7 Å². The molecular formula is C10H16N2O2S. The number of anilines is 1. The second kappa shape index (κ2) is 4.63. The number of sulfonamides is 1. The Labute approximate surface area is 90.5 Å². The van der Waals surface area contributed by atoms with Crippen LogP contribution in [0.1, 0.15) is 13.8 Å². The molecule has 0 spiro atoms. The van der Waals surface area contributed by atoms with Gasteiger partial charge in [-0.05, 0) is 24.1 Å². The van der Waals surface area contributed by atoms with E-state index >= 15 is 0 Å². The lowest BCUT2D eigenvalue weighted by Crippen LogP contribution is -2.27. The van der Waals surface area contributed by atoms with Crippen LogP contribution < -0.4 is 10.5 Å². The van der Waals surface area contributed by atoms with Gasteiger partial charge in [-0.3, -0.25) is 0 Å². The quantitative estimate of drug-likeness (QED) is 0.761. The molecule has 0 radical (unpaired) electrons. The van der Waals surface area contributed by atoms with Crippen molar-refractivity contribution in [3.63, 3.8) is 0 Å². The molecule has 15 heavy (non-hydrogen) atoms. The van der Waals surface area contributed by atoms with Crippen LogP contribution in [0.15, 0.2) is 29.2 Å². The SMILES string of the molecule is CC(C)CNS(=O)(=O)c1cccc(N)c1. The van der Waals surface area contributed by atoms with Crippen LogP contribution in [0, 0.1) is 5.92 Å². The first-order valence-corrected chi connectivity index (χ1v) is 6.25. The Morgan fingerprint density at radius 1 is 1.40 bits per heavy atom. The zero-order chi connectivity index (χ0) is 11.5. The van der Waals surface area contributed by atoms with Crippen LogP contribution in [0.5, 0.6) is 0 Å². The first kappa shape index (κ1) is 12.0. The summed E-state index contributed by atoms with van der Waals surface area (Å²) < 4.78 is 26.0. The van der Waals surface area contributed by atoms with E-state index in [-0.39, 0.29) is 10.8 Å². The predicted octanol–water partition coefficient (Wildman–Crippen LogP) is 1.20. The highest BCUT2D eigenvalue weighted by molar-refractivity contribution is 7.89. The molecule has 84 valence electrons. The van der Waals surface area contributed by atoms with E-state index in [0.717, 1.165) is 0 Å². The van der Waals surface area contributed by atoms with Gasteiger partial charge < -0.3 is 5.73 Å². The van der Waals surface area contributed by atoms with Gasteiger partial charge in [-0.25, -0.2) is 13.1 Å². The molecular weight excluding hydrogens is 212 g/mol. The van der Waals surface area contributed by atoms with Gasteiger partial charge in [0.25, 0.3) is 0 Å². The van der Waals surface area contributed by atoms with Crippen molar-refractivity contribution in [1.29, 1.82) is 0 Å². The fourth-order valence-corrected chi connectivity index (χ4v) is 2.31. The van der Waals surface area contributed by atoms with Crippen molar-refractivity contribution in [3.05, 3.63) is 24.3 Å². The molecule has 0 amide bonds. The van der Waals surface area contributed by atoms with Crippen molar-refractivity contribution in [2.24, 2.45) is 5.92 Å². The molecule has 0 saturated heterocycles. The minimum absolute atomic E-state index is 0.211. The number of nitrogens with one attached hydrogen (secondary N) is 1. The van der Waals surface area contributed by atoms with Crippen LogP contribution >= 0.6 is 0 Å². The number of rotatable bonds is 4. The molecule has 0 saturated carbocycles.